The summed E-state index contributed by atoms with van der Waals surface area (Å²) in [5.74, 6) is 2.59. The Balaban J connectivity index is 2.16. The van der Waals surface area contributed by atoms with Crippen LogP contribution in [0.3, 0.4) is 0 Å². The summed E-state index contributed by atoms with van der Waals surface area (Å²) >= 11 is 1.88. The number of nitrogen functional groups attached to an aromatic ring is 1. The van der Waals surface area contributed by atoms with Crippen molar-refractivity contribution in [3.05, 3.63) is 23.3 Å². The molecule has 1 atom stereocenters. The van der Waals surface area contributed by atoms with Crippen LogP contribution in [-0.2, 0) is 10.0 Å². The van der Waals surface area contributed by atoms with Gasteiger partial charge in [-0.3, -0.25) is 0 Å². The number of sulfonamides is 1. The van der Waals surface area contributed by atoms with Crippen LogP contribution in [0, 0.1) is 19.8 Å². The highest BCUT2D eigenvalue weighted by Crippen LogP contribution is 2.25. The van der Waals surface area contributed by atoms with E-state index < -0.39 is 10.0 Å². The molecule has 1 saturated heterocycles. The Bertz CT molecular complexity index is 564. The van der Waals surface area contributed by atoms with Gasteiger partial charge in [0.25, 0.3) is 0 Å². The molecule has 1 unspecified atom stereocenters. The smallest absolute Gasteiger partial charge is 0.242 e. The lowest BCUT2D eigenvalue weighted by Gasteiger charge is -2.13. The normalized spacial score (nSPS) is 19.8. The van der Waals surface area contributed by atoms with Crippen molar-refractivity contribution >= 4 is 27.5 Å². The summed E-state index contributed by atoms with van der Waals surface area (Å²) in [6.07, 6.45) is 1.08. The lowest BCUT2D eigenvalue weighted by molar-refractivity contribution is 0.546. The number of rotatable bonds is 4. The fraction of sp³-hybridized carbons (Fsp3) is 0.538. The summed E-state index contributed by atoms with van der Waals surface area (Å²) in [5.41, 5.74) is 8.09. The van der Waals surface area contributed by atoms with Crippen LogP contribution in [0.2, 0.25) is 0 Å². The average molecular weight is 300 g/mol. The minimum atomic E-state index is -3.50. The molecule has 0 aliphatic carbocycles. The Morgan fingerprint density at radius 3 is 2.68 bits per heavy atom. The van der Waals surface area contributed by atoms with E-state index >= 15 is 0 Å². The molecule has 19 heavy (non-hydrogen) atoms. The van der Waals surface area contributed by atoms with E-state index in [2.05, 4.69) is 4.72 Å². The molecule has 0 bridgehead atoms. The molecule has 1 aliphatic heterocycles. The molecule has 1 aromatic rings. The summed E-state index contributed by atoms with van der Waals surface area (Å²) in [4.78, 5) is 0.196. The second kappa shape index (κ2) is 5.73. The summed E-state index contributed by atoms with van der Waals surface area (Å²) in [5, 5.41) is 0. The van der Waals surface area contributed by atoms with Gasteiger partial charge in [-0.2, -0.15) is 11.8 Å². The molecule has 4 nitrogen and oxygen atoms in total. The number of aryl methyl sites for hydroxylation is 2. The first-order valence-electron chi connectivity index (χ1n) is 6.34. The number of nitrogens with two attached hydrogens (primary N) is 1. The molecule has 0 aromatic heterocycles. The third-order valence-corrected chi connectivity index (χ3v) is 6.21. The van der Waals surface area contributed by atoms with Crippen molar-refractivity contribution < 1.29 is 8.42 Å². The molecule has 1 aromatic carbocycles. The number of hydrogen-bond acceptors (Lipinski definition) is 4. The molecular weight excluding hydrogens is 280 g/mol. The minimum Gasteiger partial charge on any atom is -0.398 e. The first-order chi connectivity index (χ1) is 8.90. The predicted octanol–water partition coefficient (Wildman–Crippen LogP) is 1.92. The first kappa shape index (κ1) is 14.7. The topological polar surface area (TPSA) is 72.2 Å². The molecule has 1 fully saturated rings. The monoisotopic (exact) mass is 300 g/mol. The highest BCUT2D eigenvalue weighted by molar-refractivity contribution is 7.99. The first-order valence-corrected chi connectivity index (χ1v) is 8.98. The van der Waals surface area contributed by atoms with Crippen molar-refractivity contribution in [1.82, 2.24) is 4.72 Å². The second-order valence-electron chi connectivity index (χ2n) is 5.06. The van der Waals surface area contributed by atoms with Gasteiger partial charge in [0, 0.05) is 6.54 Å². The van der Waals surface area contributed by atoms with Crippen LogP contribution < -0.4 is 10.5 Å². The van der Waals surface area contributed by atoms with Crippen molar-refractivity contribution in [3.63, 3.8) is 0 Å². The van der Waals surface area contributed by atoms with Crippen molar-refractivity contribution in [3.8, 4) is 0 Å². The molecule has 3 N–H and O–H groups in total. The van der Waals surface area contributed by atoms with Gasteiger partial charge < -0.3 is 5.73 Å². The summed E-state index contributed by atoms with van der Waals surface area (Å²) in [7, 11) is -3.50. The van der Waals surface area contributed by atoms with Gasteiger partial charge in [0.05, 0.1) is 5.69 Å². The Hall–Kier alpha value is -0.720. The van der Waals surface area contributed by atoms with E-state index in [1.165, 1.54) is 0 Å². The van der Waals surface area contributed by atoms with Crippen LogP contribution in [0.25, 0.3) is 0 Å². The average Bonchev–Trinajstić information content (AvgIpc) is 2.84. The van der Waals surface area contributed by atoms with E-state index in [9.17, 15) is 8.42 Å². The van der Waals surface area contributed by atoms with Crippen LogP contribution in [0.5, 0.6) is 0 Å². The van der Waals surface area contributed by atoms with Crippen molar-refractivity contribution in [2.24, 2.45) is 5.92 Å². The van der Waals surface area contributed by atoms with Crippen LogP contribution in [0.15, 0.2) is 17.0 Å². The Labute approximate surface area is 119 Å². The molecule has 0 saturated carbocycles. The molecule has 0 radical (unpaired) electrons. The summed E-state index contributed by atoms with van der Waals surface area (Å²) < 4.78 is 27.2. The maximum absolute atomic E-state index is 12.3. The standard InChI is InChI=1S/C13H20N2O2S2/c1-9-5-12(14)13(6-10(9)2)19(16,17)15-7-11-3-4-18-8-11/h5-6,11,15H,3-4,7-8,14H2,1-2H3. The summed E-state index contributed by atoms with van der Waals surface area (Å²) in [6.45, 7) is 4.31. The third kappa shape index (κ3) is 3.43. The van der Waals surface area contributed by atoms with E-state index in [1.807, 2.05) is 25.6 Å². The molecule has 0 amide bonds. The zero-order valence-electron chi connectivity index (χ0n) is 11.3. The van der Waals surface area contributed by atoms with Crippen molar-refractivity contribution in [2.45, 2.75) is 25.2 Å². The third-order valence-electron chi connectivity index (χ3n) is 3.50. The lowest BCUT2D eigenvalue weighted by Crippen LogP contribution is -2.30. The predicted molar refractivity (Wildman–Crippen MR) is 80.9 cm³/mol. The van der Waals surface area contributed by atoms with E-state index in [4.69, 9.17) is 5.73 Å². The van der Waals surface area contributed by atoms with Gasteiger partial charge in [-0.1, -0.05) is 0 Å². The van der Waals surface area contributed by atoms with E-state index in [0.717, 1.165) is 29.1 Å². The molecule has 106 valence electrons. The van der Waals surface area contributed by atoms with Crippen molar-refractivity contribution in [2.75, 3.05) is 23.8 Å². The molecule has 0 spiro atoms. The van der Waals surface area contributed by atoms with Gasteiger partial charge in [-0.05, 0) is 61.0 Å². The number of hydrogen-bond donors (Lipinski definition) is 2. The Morgan fingerprint density at radius 2 is 2.05 bits per heavy atom. The van der Waals surface area contributed by atoms with Gasteiger partial charge in [0.15, 0.2) is 0 Å². The Morgan fingerprint density at radius 1 is 1.37 bits per heavy atom. The largest absolute Gasteiger partial charge is 0.398 e. The highest BCUT2D eigenvalue weighted by Gasteiger charge is 2.22. The van der Waals surface area contributed by atoms with E-state index in [0.29, 0.717) is 18.2 Å². The minimum absolute atomic E-state index is 0.196. The van der Waals surface area contributed by atoms with Crippen molar-refractivity contribution in [1.29, 1.82) is 0 Å². The number of benzene rings is 1. The fourth-order valence-corrected chi connectivity index (χ4v) is 4.69. The lowest BCUT2D eigenvalue weighted by atomic mass is 10.1. The molecule has 6 heteroatoms. The maximum atomic E-state index is 12.3. The van der Waals surface area contributed by atoms with Crippen LogP contribution >= 0.6 is 11.8 Å². The molecule has 1 heterocycles. The van der Waals surface area contributed by atoms with Gasteiger partial charge >= 0.3 is 0 Å². The van der Waals surface area contributed by atoms with Gasteiger partial charge in [-0.25, -0.2) is 13.1 Å². The van der Waals surface area contributed by atoms with E-state index in [-0.39, 0.29) is 4.90 Å². The zero-order valence-corrected chi connectivity index (χ0v) is 12.9. The Kier molecular flexibility index (Phi) is 4.43. The fourth-order valence-electron chi connectivity index (χ4n) is 2.09. The highest BCUT2D eigenvalue weighted by atomic mass is 32.2. The quantitative estimate of drug-likeness (QED) is 0.833. The number of thioether (sulfide) groups is 1. The zero-order chi connectivity index (χ0) is 14.0. The van der Waals surface area contributed by atoms with Gasteiger partial charge in [0.2, 0.25) is 10.0 Å². The number of nitrogens with one attached hydrogen (secondary N) is 1. The van der Waals surface area contributed by atoms with Crippen LogP contribution in [-0.4, -0.2) is 26.5 Å². The van der Waals surface area contributed by atoms with Gasteiger partial charge in [-0.15, -0.1) is 0 Å². The van der Waals surface area contributed by atoms with Crippen LogP contribution in [0.1, 0.15) is 17.5 Å². The number of anilines is 1. The molecule has 1 aliphatic rings. The van der Waals surface area contributed by atoms with Crippen LogP contribution in [0.4, 0.5) is 5.69 Å². The second-order valence-corrected chi connectivity index (χ2v) is 7.94. The summed E-state index contributed by atoms with van der Waals surface area (Å²) in [6, 6.07) is 3.37. The molecular formula is C13H20N2O2S2. The maximum Gasteiger partial charge on any atom is 0.242 e. The molecule has 2 rings (SSSR count). The SMILES string of the molecule is Cc1cc(N)c(S(=O)(=O)NCC2CCSC2)cc1C. The van der Waals surface area contributed by atoms with Gasteiger partial charge in [0.1, 0.15) is 4.90 Å². The van der Waals surface area contributed by atoms with E-state index in [1.54, 1.807) is 12.1 Å².